The van der Waals surface area contributed by atoms with E-state index < -0.39 is 10.0 Å². The fourth-order valence-electron chi connectivity index (χ4n) is 5.84. The van der Waals surface area contributed by atoms with E-state index in [-0.39, 0.29) is 28.7 Å². The van der Waals surface area contributed by atoms with Gasteiger partial charge in [0.1, 0.15) is 5.82 Å². The highest BCUT2D eigenvalue weighted by atomic mass is 32.2. The van der Waals surface area contributed by atoms with Crippen molar-refractivity contribution in [3.63, 3.8) is 0 Å². The molecule has 1 amide bonds. The maximum absolute atomic E-state index is 14.0. The van der Waals surface area contributed by atoms with Crippen LogP contribution in [0.1, 0.15) is 59.3 Å². The number of fused-ring (bicyclic) bond motifs is 1. The van der Waals surface area contributed by atoms with Crippen molar-refractivity contribution in [3.8, 4) is 0 Å². The number of sulfonamides is 1. The van der Waals surface area contributed by atoms with Gasteiger partial charge in [-0.1, -0.05) is 48.5 Å². The van der Waals surface area contributed by atoms with Gasteiger partial charge in [-0.2, -0.15) is 0 Å². The van der Waals surface area contributed by atoms with Crippen LogP contribution < -0.4 is 9.62 Å². The molecular weight excluding hydrogens is 520 g/mol. The van der Waals surface area contributed by atoms with Gasteiger partial charge >= 0.3 is 0 Å². The lowest BCUT2D eigenvalue weighted by Crippen LogP contribution is -2.34. The summed E-state index contributed by atoms with van der Waals surface area (Å²) in [5.74, 6) is 0.989. The van der Waals surface area contributed by atoms with Gasteiger partial charge in [0.25, 0.3) is 0 Å². The molecule has 6 rings (SSSR count). The van der Waals surface area contributed by atoms with Crippen molar-refractivity contribution in [2.75, 3.05) is 4.90 Å². The van der Waals surface area contributed by atoms with Crippen LogP contribution in [0.15, 0.2) is 90.1 Å². The summed E-state index contributed by atoms with van der Waals surface area (Å²) in [5.41, 5.74) is 4.91. The molecule has 1 heterocycles. The fourth-order valence-corrected chi connectivity index (χ4v) is 7.19. The monoisotopic (exact) mass is 554 g/mol. The summed E-state index contributed by atoms with van der Waals surface area (Å²) in [6.45, 7) is 2.23. The molecule has 2 aliphatic rings. The summed E-state index contributed by atoms with van der Waals surface area (Å²) in [6.07, 6.45) is 6.92. The number of carbonyl (C=O) groups is 1. The van der Waals surface area contributed by atoms with Gasteiger partial charge in [0.05, 0.1) is 11.4 Å². The first-order valence-corrected chi connectivity index (χ1v) is 15.3. The van der Waals surface area contributed by atoms with E-state index in [1.54, 1.807) is 24.4 Å². The van der Waals surface area contributed by atoms with Gasteiger partial charge < -0.3 is 9.47 Å². The van der Waals surface area contributed by atoms with E-state index in [2.05, 4.69) is 27.9 Å². The lowest BCUT2D eigenvalue weighted by Gasteiger charge is -2.29. The minimum Gasteiger partial charge on any atom is -0.337 e. The first-order valence-electron chi connectivity index (χ1n) is 13.8. The van der Waals surface area contributed by atoms with E-state index in [0.29, 0.717) is 13.0 Å². The van der Waals surface area contributed by atoms with E-state index in [9.17, 15) is 13.2 Å². The molecule has 40 heavy (non-hydrogen) atoms. The second kappa shape index (κ2) is 10.7. The summed E-state index contributed by atoms with van der Waals surface area (Å²) in [7, 11) is -1.78. The Kier molecular flexibility index (Phi) is 7.06. The van der Waals surface area contributed by atoms with Gasteiger partial charge in [-0.3, -0.25) is 4.79 Å². The van der Waals surface area contributed by atoms with Gasteiger partial charge in [0, 0.05) is 37.1 Å². The Hall–Kier alpha value is -3.75. The van der Waals surface area contributed by atoms with Crippen LogP contribution in [0.2, 0.25) is 0 Å². The molecule has 7 nitrogen and oxygen atoms in total. The van der Waals surface area contributed by atoms with Crippen molar-refractivity contribution in [1.82, 2.24) is 14.3 Å². The van der Waals surface area contributed by atoms with Crippen LogP contribution in [0.3, 0.4) is 0 Å². The average Bonchev–Trinajstić information content (AvgIpc) is 3.66. The SMILES string of the molecule is Cc1cccc(S(=O)(=O)N[C@@H]2CCCc3ccc(N(Cc4nccn4C)C(=O)[C@H]4C[C@@H]4c4ccccc4)cc32)c1. The molecule has 206 valence electrons. The number of amides is 1. The third-order valence-corrected chi connectivity index (χ3v) is 9.64. The molecule has 3 aromatic carbocycles. The summed E-state index contributed by atoms with van der Waals surface area (Å²) >= 11 is 0. The van der Waals surface area contributed by atoms with Gasteiger partial charge in [0.2, 0.25) is 15.9 Å². The van der Waals surface area contributed by atoms with E-state index in [0.717, 1.165) is 47.5 Å². The Balaban J connectivity index is 1.32. The normalized spacial score (nSPS) is 20.1. The van der Waals surface area contributed by atoms with Crippen molar-refractivity contribution in [1.29, 1.82) is 0 Å². The molecule has 0 aliphatic heterocycles. The molecule has 8 heteroatoms. The Morgan fingerprint density at radius 1 is 1.07 bits per heavy atom. The summed E-state index contributed by atoms with van der Waals surface area (Å²) < 4.78 is 31.5. The molecule has 3 atom stereocenters. The van der Waals surface area contributed by atoms with Crippen LogP contribution in [0.25, 0.3) is 0 Å². The first kappa shape index (κ1) is 26.5. The lowest BCUT2D eigenvalue weighted by atomic mass is 9.87. The number of hydrogen-bond acceptors (Lipinski definition) is 4. The van der Waals surface area contributed by atoms with Gasteiger partial charge in [0.15, 0.2) is 0 Å². The topological polar surface area (TPSA) is 84.3 Å². The maximum atomic E-state index is 14.0. The van der Waals surface area contributed by atoms with Crippen LogP contribution in [0, 0.1) is 12.8 Å². The first-order chi connectivity index (χ1) is 19.3. The molecule has 2 aliphatic carbocycles. The van der Waals surface area contributed by atoms with E-state index in [1.165, 1.54) is 5.56 Å². The number of anilines is 1. The van der Waals surface area contributed by atoms with Crippen molar-refractivity contribution in [3.05, 3.63) is 113 Å². The maximum Gasteiger partial charge on any atom is 0.241 e. The van der Waals surface area contributed by atoms with E-state index in [4.69, 9.17) is 0 Å². The highest BCUT2D eigenvalue weighted by Crippen LogP contribution is 2.49. The quantitative estimate of drug-likeness (QED) is 0.315. The Morgan fingerprint density at radius 3 is 2.65 bits per heavy atom. The molecule has 1 saturated carbocycles. The molecule has 0 unspecified atom stereocenters. The number of aromatic nitrogens is 2. The number of imidazole rings is 1. The van der Waals surface area contributed by atoms with Crippen LogP contribution in [0.4, 0.5) is 5.69 Å². The minimum atomic E-state index is -3.71. The lowest BCUT2D eigenvalue weighted by molar-refractivity contribution is -0.120. The van der Waals surface area contributed by atoms with E-state index in [1.807, 2.05) is 66.0 Å². The Labute approximate surface area is 235 Å². The number of carbonyl (C=O) groups excluding carboxylic acids is 1. The Bertz CT molecular complexity index is 1650. The highest BCUT2D eigenvalue weighted by Gasteiger charge is 2.46. The van der Waals surface area contributed by atoms with E-state index >= 15 is 0 Å². The van der Waals surface area contributed by atoms with Crippen molar-refractivity contribution >= 4 is 21.6 Å². The van der Waals surface area contributed by atoms with Crippen LogP contribution in [-0.4, -0.2) is 23.9 Å². The average molecular weight is 555 g/mol. The zero-order chi connectivity index (χ0) is 27.9. The molecule has 0 bridgehead atoms. The van der Waals surface area contributed by atoms with Gasteiger partial charge in [-0.15, -0.1) is 0 Å². The molecular formula is C32H34N4O3S. The smallest absolute Gasteiger partial charge is 0.241 e. The largest absolute Gasteiger partial charge is 0.337 e. The van der Waals surface area contributed by atoms with Crippen molar-refractivity contribution in [2.24, 2.45) is 13.0 Å². The number of aryl methyl sites for hydroxylation is 3. The second-order valence-corrected chi connectivity index (χ2v) is 12.7. The Morgan fingerprint density at radius 2 is 1.90 bits per heavy atom. The summed E-state index contributed by atoms with van der Waals surface area (Å²) in [5, 5.41) is 0. The zero-order valence-corrected chi connectivity index (χ0v) is 23.6. The number of nitrogens with one attached hydrogen (secondary N) is 1. The van der Waals surface area contributed by atoms with Crippen molar-refractivity contribution in [2.45, 2.75) is 56.0 Å². The molecule has 1 N–H and O–H groups in total. The number of rotatable bonds is 8. The molecule has 4 aromatic rings. The van der Waals surface area contributed by atoms with Gasteiger partial charge in [-0.25, -0.2) is 18.1 Å². The number of hydrogen-bond donors (Lipinski definition) is 1. The standard InChI is InChI=1S/C32H34N4O3S/c1-22-8-6-12-26(18-22)40(38,39)34-30-13-7-11-24-14-15-25(19-28(24)30)36(21-31-33-16-17-35(31)2)32(37)29-20-27(29)23-9-4-3-5-10-23/h3-6,8-10,12,14-19,27,29-30,34H,7,11,13,20-21H2,1-2H3/t27-,29+,30-/m1/s1. The van der Waals surface area contributed by atoms with Gasteiger partial charge in [-0.05, 0) is 85.0 Å². The fraction of sp³-hybridized carbons (Fsp3) is 0.312. The minimum absolute atomic E-state index is 0.0736. The number of nitrogens with zero attached hydrogens (tertiary/aromatic N) is 3. The zero-order valence-electron chi connectivity index (χ0n) is 22.8. The summed E-state index contributed by atoms with van der Waals surface area (Å²) in [6, 6.07) is 22.9. The third-order valence-electron chi connectivity index (χ3n) is 8.17. The van der Waals surface area contributed by atoms with Crippen LogP contribution >= 0.6 is 0 Å². The molecule has 1 fully saturated rings. The number of benzene rings is 3. The molecule has 0 radical (unpaired) electrons. The predicted molar refractivity (Wildman–Crippen MR) is 155 cm³/mol. The highest BCUT2D eigenvalue weighted by molar-refractivity contribution is 7.89. The summed E-state index contributed by atoms with van der Waals surface area (Å²) in [4.78, 5) is 20.6. The van der Waals surface area contributed by atoms with Crippen LogP contribution in [0.5, 0.6) is 0 Å². The second-order valence-electron chi connectivity index (χ2n) is 11.0. The van der Waals surface area contributed by atoms with Crippen molar-refractivity contribution < 1.29 is 13.2 Å². The van der Waals surface area contributed by atoms with Crippen LogP contribution in [-0.2, 0) is 34.8 Å². The predicted octanol–water partition coefficient (Wildman–Crippen LogP) is 5.42. The molecule has 0 saturated heterocycles. The third kappa shape index (κ3) is 5.33. The molecule has 0 spiro atoms. The molecule has 1 aromatic heterocycles.